The molecule has 0 aromatic heterocycles. The summed E-state index contributed by atoms with van der Waals surface area (Å²) in [6.45, 7) is 9.17. The monoisotopic (exact) mass is 250 g/mol. The molecular formula is C15H24NO2+. The van der Waals surface area contributed by atoms with E-state index in [-0.39, 0.29) is 0 Å². The van der Waals surface area contributed by atoms with Gasteiger partial charge in [-0.25, -0.2) is 0 Å². The van der Waals surface area contributed by atoms with E-state index in [1.165, 1.54) is 0 Å². The average Bonchev–Trinajstić information content (AvgIpc) is 2.39. The Balaban J connectivity index is 2.27. The zero-order valence-electron chi connectivity index (χ0n) is 11.2. The highest BCUT2D eigenvalue weighted by molar-refractivity contribution is 5.32. The standard InChI is InChI=1S/C15H23NO2/c1-3-5-11-17-14-7-6-8-15(13-14)18-12-10-16-9-4-2/h4,6-8,13,16H,2-3,5,9-12H2,1H3/p+1. The van der Waals surface area contributed by atoms with Gasteiger partial charge in [-0.3, -0.25) is 0 Å². The van der Waals surface area contributed by atoms with Crippen LogP contribution < -0.4 is 14.8 Å². The molecule has 0 aliphatic heterocycles. The second kappa shape index (κ2) is 9.54. The third kappa shape index (κ3) is 6.30. The molecule has 0 bridgehead atoms. The van der Waals surface area contributed by atoms with Crippen LogP contribution in [0.3, 0.4) is 0 Å². The number of unbranched alkanes of at least 4 members (excludes halogenated alkanes) is 1. The molecule has 0 saturated heterocycles. The molecule has 0 amide bonds. The maximum atomic E-state index is 5.65. The van der Waals surface area contributed by atoms with Crippen LogP contribution in [0.5, 0.6) is 11.5 Å². The minimum absolute atomic E-state index is 0.701. The molecule has 1 aromatic rings. The summed E-state index contributed by atoms with van der Waals surface area (Å²) in [5.41, 5.74) is 0. The lowest BCUT2D eigenvalue weighted by Gasteiger charge is -2.08. The van der Waals surface area contributed by atoms with E-state index in [1.54, 1.807) is 0 Å². The number of rotatable bonds is 10. The van der Waals surface area contributed by atoms with Crippen molar-refractivity contribution < 1.29 is 14.8 Å². The van der Waals surface area contributed by atoms with Crippen molar-refractivity contribution >= 4 is 0 Å². The fourth-order valence-electron chi connectivity index (χ4n) is 1.48. The summed E-state index contributed by atoms with van der Waals surface area (Å²) in [6.07, 6.45) is 4.12. The minimum atomic E-state index is 0.701. The Morgan fingerprint density at radius 2 is 1.94 bits per heavy atom. The molecule has 3 heteroatoms. The summed E-state index contributed by atoms with van der Waals surface area (Å²) in [7, 11) is 0. The van der Waals surface area contributed by atoms with Crippen LogP contribution in [0.4, 0.5) is 0 Å². The van der Waals surface area contributed by atoms with Crippen molar-refractivity contribution in [2.45, 2.75) is 19.8 Å². The van der Waals surface area contributed by atoms with E-state index >= 15 is 0 Å². The smallest absolute Gasteiger partial charge is 0.137 e. The van der Waals surface area contributed by atoms with Crippen LogP contribution in [-0.4, -0.2) is 26.3 Å². The van der Waals surface area contributed by atoms with Gasteiger partial charge < -0.3 is 14.8 Å². The summed E-state index contributed by atoms with van der Waals surface area (Å²) < 4.78 is 11.3. The van der Waals surface area contributed by atoms with Gasteiger partial charge in [0.1, 0.15) is 24.7 Å². The molecule has 0 fully saturated rings. The fourth-order valence-corrected chi connectivity index (χ4v) is 1.48. The summed E-state index contributed by atoms with van der Waals surface area (Å²) in [4.78, 5) is 0. The highest BCUT2D eigenvalue weighted by Crippen LogP contribution is 2.19. The maximum absolute atomic E-state index is 5.65. The second-order valence-electron chi connectivity index (χ2n) is 4.13. The number of hydrogen-bond donors (Lipinski definition) is 1. The van der Waals surface area contributed by atoms with E-state index in [1.807, 2.05) is 30.3 Å². The predicted molar refractivity (Wildman–Crippen MR) is 74.2 cm³/mol. The third-order valence-corrected chi connectivity index (χ3v) is 2.50. The van der Waals surface area contributed by atoms with Crippen LogP contribution in [-0.2, 0) is 0 Å². The van der Waals surface area contributed by atoms with E-state index in [0.29, 0.717) is 6.61 Å². The number of nitrogens with two attached hydrogens (primary N) is 1. The van der Waals surface area contributed by atoms with Crippen molar-refractivity contribution in [1.29, 1.82) is 0 Å². The van der Waals surface area contributed by atoms with Gasteiger partial charge in [-0.05, 0) is 24.6 Å². The van der Waals surface area contributed by atoms with Crippen LogP contribution in [0.25, 0.3) is 0 Å². The van der Waals surface area contributed by atoms with Gasteiger partial charge in [0.05, 0.1) is 13.2 Å². The Morgan fingerprint density at radius 3 is 2.61 bits per heavy atom. The molecule has 0 radical (unpaired) electrons. The molecule has 0 aliphatic carbocycles. The van der Waals surface area contributed by atoms with E-state index in [2.05, 4.69) is 18.8 Å². The highest BCUT2D eigenvalue weighted by atomic mass is 16.5. The van der Waals surface area contributed by atoms with Crippen LogP contribution >= 0.6 is 0 Å². The van der Waals surface area contributed by atoms with Crippen LogP contribution in [0, 0.1) is 0 Å². The van der Waals surface area contributed by atoms with Crippen LogP contribution in [0.15, 0.2) is 36.9 Å². The van der Waals surface area contributed by atoms with Crippen molar-refractivity contribution in [1.82, 2.24) is 0 Å². The van der Waals surface area contributed by atoms with Gasteiger partial charge >= 0.3 is 0 Å². The first-order valence-electron chi connectivity index (χ1n) is 6.65. The Bertz CT molecular complexity index is 339. The zero-order chi connectivity index (χ0) is 13.1. The Hall–Kier alpha value is -1.48. The normalized spacial score (nSPS) is 10.1. The Kier molecular flexibility index (Phi) is 7.73. The minimum Gasteiger partial charge on any atom is -0.493 e. The number of benzene rings is 1. The number of hydrogen-bond acceptors (Lipinski definition) is 2. The van der Waals surface area contributed by atoms with Crippen molar-refractivity contribution in [2.75, 3.05) is 26.3 Å². The van der Waals surface area contributed by atoms with Gasteiger partial charge in [-0.15, -0.1) is 0 Å². The quantitative estimate of drug-likeness (QED) is 0.509. The third-order valence-electron chi connectivity index (χ3n) is 2.50. The summed E-state index contributed by atoms with van der Waals surface area (Å²) in [5, 5.41) is 2.16. The first-order valence-corrected chi connectivity index (χ1v) is 6.65. The molecule has 0 heterocycles. The van der Waals surface area contributed by atoms with Crippen molar-refractivity contribution in [3.63, 3.8) is 0 Å². The molecule has 0 saturated carbocycles. The topological polar surface area (TPSA) is 35.1 Å². The molecule has 100 valence electrons. The van der Waals surface area contributed by atoms with Crippen molar-refractivity contribution in [3.8, 4) is 11.5 Å². The van der Waals surface area contributed by atoms with Crippen molar-refractivity contribution in [2.24, 2.45) is 0 Å². The van der Waals surface area contributed by atoms with Crippen LogP contribution in [0.1, 0.15) is 19.8 Å². The first kappa shape index (κ1) is 14.6. The van der Waals surface area contributed by atoms with Gasteiger partial charge in [-0.2, -0.15) is 0 Å². The van der Waals surface area contributed by atoms with Gasteiger partial charge in [0.2, 0.25) is 0 Å². The summed E-state index contributed by atoms with van der Waals surface area (Å²) in [6, 6.07) is 7.83. The maximum Gasteiger partial charge on any atom is 0.137 e. The average molecular weight is 250 g/mol. The predicted octanol–water partition coefficient (Wildman–Crippen LogP) is 1.99. The van der Waals surface area contributed by atoms with Gasteiger partial charge in [0.25, 0.3) is 0 Å². The molecule has 18 heavy (non-hydrogen) atoms. The zero-order valence-corrected chi connectivity index (χ0v) is 11.2. The number of ether oxygens (including phenoxy) is 2. The summed E-state index contributed by atoms with van der Waals surface area (Å²) >= 11 is 0. The molecule has 2 N–H and O–H groups in total. The molecule has 1 rings (SSSR count). The molecule has 0 atom stereocenters. The van der Waals surface area contributed by atoms with E-state index in [0.717, 1.165) is 44.0 Å². The van der Waals surface area contributed by atoms with E-state index in [4.69, 9.17) is 9.47 Å². The second-order valence-corrected chi connectivity index (χ2v) is 4.13. The largest absolute Gasteiger partial charge is 0.493 e. The van der Waals surface area contributed by atoms with E-state index in [9.17, 15) is 0 Å². The Morgan fingerprint density at radius 1 is 1.22 bits per heavy atom. The fraction of sp³-hybridized carbons (Fsp3) is 0.467. The molecule has 0 spiro atoms. The molecule has 3 nitrogen and oxygen atoms in total. The number of quaternary nitrogens is 1. The lowest BCUT2D eigenvalue weighted by atomic mass is 10.3. The Labute approximate surface area is 110 Å². The van der Waals surface area contributed by atoms with Gasteiger partial charge in [0.15, 0.2) is 0 Å². The first-order chi connectivity index (χ1) is 8.86. The summed E-state index contributed by atoms with van der Waals surface area (Å²) in [5.74, 6) is 1.76. The van der Waals surface area contributed by atoms with E-state index < -0.39 is 0 Å². The highest BCUT2D eigenvalue weighted by Gasteiger charge is 1.98. The molecular weight excluding hydrogens is 226 g/mol. The molecule has 1 aromatic carbocycles. The SMILES string of the molecule is C=CC[NH2+]CCOc1cccc(OCCCC)c1. The van der Waals surface area contributed by atoms with Gasteiger partial charge in [-0.1, -0.05) is 26.0 Å². The molecule has 0 unspecified atom stereocenters. The lowest BCUT2D eigenvalue weighted by molar-refractivity contribution is -0.646. The molecule has 0 aliphatic rings. The van der Waals surface area contributed by atoms with Crippen LogP contribution in [0.2, 0.25) is 0 Å². The lowest BCUT2D eigenvalue weighted by Crippen LogP contribution is -2.85. The van der Waals surface area contributed by atoms with Crippen molar-refractivity contribution in [3.05, 3.63) is 36.9 Å². The van der Waals surface area contributed by atoms with Gasteiger partial charge in [0, 0.05) is 6.07 Å².